The molecule has 0 heterocycles. The molecule has 28 heavy (non-hydrogen) atoms. The van der Waals surface area contributed by atoms with Gasteiger partial charge in [0.25, 0.3) is 5.91 Å². The monoisotopic (exact) mass is 434 g/mol. The molecule has 0 spiro atoms. The van der Waals surface area contributed by atoms with Gasteiger partial charge in [-0.3, -0.25) is 4.79 Å². The molecule has 1 amide bonds. The number of unbranched alkanes of at least 4 members (excludes halogenated alkanes) is 1. The smallest absolute Gasteiger partial charge is 0.303 e. The summed E-state index contributed by atoms with van der Waals surface area (Å²) in [6.45, 7) is 6.27. The topological polar surface area (TPSA) is 75.7 Å². The maximum Gasteiger partial charge on any atom is 0.303 e. The lowest BCUT2D eigenvalue weighted by molar-refractivity contribution is 0.0975. The second-order valence-electron chi connectivity index (χ2n) is 6.62. The Morgan fingerprint density at radius 3 is 2.64 bits per heavy atom. The highest BCUT2D eigenvalue weighted by atomic mass is 35.5. The minimum Gasteiger partial charge on any atom is -0.492 e. The van der Waals surface area contributed by atoms with Crippen molar-refractivity contribution in [1.82, 2.24) is 9.03 Å². The van der Waals surface area contributed by atoms with Crippen molar-refractivity contribution in [1.29, 1.82) is 0 Å². The first-order valence-corrected chi connectivity index (χ1v) is 10.9. The number of ether oxygens (including phenoxy) is 1. The number of nitrogens with zero attached hydrogens (tertiary/aromatic N) is 1. The molecule has 1 aromatic rings. The molecule has 1 aromatic carbocycles. The van der Waals surface area contributed by atoms with Crippen LogP contribution in [0.25, 0.3) is 0 Å². The predicted octanol–water partition coefficient (Wildman–Crippen LogP) is 4.17. The standard InChI is InChI=1S/C19H28ClFN2O4S/c1-5-9-14(6-2)10-7-8-11-27-18-13-17(21)15(12-16(18)20)19(24)22-28(25,26)23(3)4/h5,12-14H,1,6-11H2,2-4H3,(H,22,24). The zero-order valence-electron chi connectivity index (χ0n) is 16.5. The Morgan fingerprint density at radius 1 is 1.39 bits per heavy atom. The molecular formula is C19H28ClFN2O4S. The molecular weight excluding hydrogens is 407 g/mol. The largest absolute Gasteiger partial charge is 0.492 e. The Balaban J connectivity index is 2.66. The van der Waals surface area contributed by atoms with Crippen LogP contribution in [-0.4, -0.2) is 39.3 Å². The fourth-order valence-electron chi connectivity index (χ4n) is 2.52. The van der Waals surface area contributed by atoms with Crippen LogP contribution in [0.5, 0.6) is 5.75 Å². The lowest BCUT2D eigenvalue weighted by Crippen LogP contribution is -2.39. The number of hydrogen-bond donors (Lipinski definition) is 1. The summed E-state index contributed by atoms with van der Waals surface area (Å²) >= 11 is 6.06. The Bertz CT molecular complexity index is 784. The molecule has 0 bridgehead atoms. The molecule has 1 unspecified atom stereocenters. The normalized spacial score (nSPS) is 12.6. The van der Waals surface area contributed by atoms with Crippen LogP contribution in [0.2, 0.25) is 5.02 Å². The van der Waals surface area contributed by atoms with E-state index in [1.165, 1.54) is 14.1 Å². The number of hydrogen-bond acceptors (Lipinski definition) is 4. The summed E-state index contributed by atoms with van der Waals surface area (Å²) in [5.74, 6) is -1.30. The fraction of sp³-hybridized carbons (Fsp3) is 0.526. The van der Waals surface area contributed by atoms with Gasteiger partial charge in [0.15, 0.2) is 0 Å². The van der Waals surface area contributed by atoms with Crippen LogP contribution < -0.4 is 9.46 Å². The van der Waals surface area contributed by atoms with Crippen LogP contribution in [0.3, 0.4) is 0 Å². The molecule has 1 atom stereocenters. The number of nitrogens with one attached hydrogen (secondary N) is 1. The predicted molar refractivity (Wildman–Crippen MR) is 109 cm³/mol. The van der Waals surface area contributed by atoms with Crippen LogP contribution in [0, 0.1) is 11.7 Å². The molecule has 0 aliphatic heterocycles. The summed E-state index contributed by atoms with van der Waals surface area (Å²) in [5, 5.41) is 0.0342. The lowest BCUT2D eigenvalue weighted by atomic mass is 9.96. The molecule has 0 radical (unpaired) electrons. The minimum absolute atomic E-state index is 0.0342. The van der Waals surface area contributed by atoms with E-state index >= 15 is 0 Å². The van der Waals surface area contributed by atoms with Gasteiger partial charge in [-0.05, 0) is 31.2 Å². The lowest BCUT2D eigenvalue weighted by Gasteiger charge is -2.14. The Morgan fingerprint density at radius 2 is 2.07 bits per heavy atom. The second-order valence-corrected chi connectivity index (χ2v) is 8.92. The van der Waals surface area contributed by atoms with Crippen molar-refractivity contribution in [2.24, 2.45) is 5.92 Å². The van der Waals surface area contributed by atoms with E-state index in [0.717, 1.165) is 48.5 Å². The van der Waals surface area contributed by atoms with Crippen LogP contribution in [-0.2, 0) is 10.2 Å². The van der Waals surface area contributed by atoms with Crippen LogP contribution >= 0.6 is 11.6 Å². The third-order valence-corrected chi connectivity index (χ3v) is 6.01. The van der Waals surface area contributed by atoms with Crippen molar-refractivity contribution in [3.63, 3.8) is 0 Å². The Hall–Kier alpha value is -1.64. The molecule has 9 heteroatoms. The highest BCUT2D eigenvalue weighted by Crippen LogP contribution is 2.28. The van der Waals surface area contributed by atoms with Gasteiger partial charge in [-0.2, -0.15) is 12.7 Å². The summed E-state index contributed by atoms with van der Waals surface area (Å²) in [7, 11) is -1.54. The van der Waals surface area contributed by atoms with E-state index in [4.69, 9.17) is 16.3 Å². The maximum atomic E-state index is 14.3. The summed E-state index contributed by atoms with van der Waals surface area (Å²) in [5.41, 5.74) is -0.474. The molecule has 158 valence electrons. The first-order valence-electron chi connectivity index (χ1n) is 9.09. The quantitative estimate of drug-likeness (QED) is 0.395. The number of allylic oxidation sites excluding steroid dienone is 1. The van der Waals surface area contributed by atoms with E-state index < -0.39 is 27.5 Å². The number of benzene rings is 1. The van der Waals surface area contributed by atoms with E-state index in [2.05, 4.69) is 13.5 Å². The SMILES string of the molecule is C=CCC(CC)CCCCOc1cc(F)c(C(=O)NS(=O)(=O)N(C)C)cc1Cl. The van der Waals surface area contributed by atoms with Crippen LogP contribution in [0.1, 0.15) is 49.4 Å². The van der Waals surface area contributed by atoms with Gasteiger partial charge in [-0.1, -0.05) is 37.4 Å². The van der Waals surface area contributed by atoms with Gasteiger partial charge < -0.3 is 4.74 Å². The average Bonchev–Trinajstić information content (AvgIpc) is 2.62. The van der Waals surface area contributed by atoms with E-state index in [9.17, 15) is 17.6 Å². The van der Waals surface area contributed by atoms with E-state index in [0.29, 0.717) is 12.5 Å². The third kappa shape index (κ3) is 7.41. The van der Waals surface area contributed by atoms with E-state index in [1.807, 2.05) is 6.08 Å². The van der Waals surface area contributed by atoms with Crippen molar-refractivity contribution in [3.8, 4) is 5.75 Å². The molecule has 0 saturated carbocycles. The molecule has 0 fully saturated rings. The third-order valence-electron chi connectivity index (χ3n) is 4.31. The second kappa shape index (κ2) is 11.4. The van der Waals surface area contributed by atoms with E-state index in [1.54, 1.807) is 4.72 Å². The van der Waals surface area contributed by atoms with Crippen LogP contribution in [0.15, 0.2) is 24.8 Å². The van der Waals surface area contributed by atoms with Crippen molar-refractivity contribution in [2.45, 2.75) is 39.0 Å². The first-order chi connectivity index (χ1) is 13.1. The average molecular weight is 435 g/mol. The van der Waals surface area contributed by atoms with Gasteiger partial charge in [-0.25, -0.2) is 9.11 Å². The molecule has 0 aliphatic rings. The summed E-state index contributed by atoms with van der Waals surface area (Å²) < 4.78 is 45.7. The molecule has 0 aliphatic carbocycles. The summed E-state index contributed by atoms with van der Waals surface area (Å²) in [6, 6.07) is 2.05. The molecule has 1 N–H and O–H groups in total. The van der Waals surface area contributed by atoms with Gasteiger partial charge in [0.1, 0.15) is 11.6 Å². The highest BCUT2D eigenvalue weighted by Gasteiger charge is 2.22. The van der Waals surface area contributed by atoms with Crippen molar-refractivity contribution >= 4 is 27.7 Å². The van der Waals surface area contributed by atoms with Crippen molar-refractivity contribution in [2.75, 3.05) is 20.7 Å². The first kappa shape index (κ1) is 24.4. The summed E-state index contributed by atoms with van der Waals surface area (Å²) in [6.07, 6.45) is 6.82. The molecule has 6 nitrogen and oxygen atoms in total. The molecule has 0 saturated heterocycles. The van der Waals surface area contributed by atoms with E-state index in [-0.39, 0.29) is 10.8 Å². The number of rotatable bonds is 12. The number of carbonyl (C=O) groups is 1. The van der Waals surface area contributed by atoms with Gasteiger partial charge in [-0.15, -0.1) is 6.58 Å². The van der Waals surface area contributed by atoms with Gasteiger partial charge >= 0.3 is 10.2 Å². The number of halogens is 2. The van der Waals surface area contributed by atoms with Crippen LogP contribution in [0.4, 0.5) is 4.39 Å². The van der Waals surface area contributed by atoms with Crippen molar-refractivity contribution in [3.05, 3.63) is 41.2 Å². The van der Waals surface area contributed by atoms with Gasteiger partial charge in [0, 0.05) is 20.2 Å². The van der Waals surface area contributed by atoms with Gasteiger partial charge in [0.2, 0.25) is 0 Å². The Kier molecular flexibility index (Phi) is 9.92. The molecule has 1 rings (SSSR count). The van der Waals surface area contributed by atoms with Crippen molar-refractivity contribution < 1.29 is 22.3 Å². The molecule has 0 aromatic heterocycles. The maximum absolute atomic E-state index is 14.3. The fourth-order valence-corrected chi connectivity index (χ4v) is 3.26. The zero-order valence-corrected chi connectivity index (χ0v) is 18.1. The Labute approximate surface area is 171 Å². The summed E-state index contributed by atoms with van der Waals surface area (Å²) in [4.78, 5) is 12.0. The highest BCUT2D eigenvalue weighted by molar-refractivity contribution is 7.87. The minimum atomic E-state index is -4.03. The number of carbonyl (C=O) groups excluding carboxylic acids is 1. The van der Waals surface area contributed by atoms with Gasteiger partial charge in [0.05, 0.1) is 17.2 Å². The number of amides is 1. The zero-order chi connectivity index (χ0) is 21.3.